The first-order chi connectivity index (χ1) is 9.05. The zero-order valence-corrected chi connectivity index (χ0v) is 12.3. The van der Waals surface area contributed by atoms with Gasteiger partial charge in [0.1, 0.15) is 5.76 Å². The quantitative estimate of drug-likeness (QED) is 0.785. The summed E-state index contributed by atoms with van der Waals surface area (Å²) >= 11 is 0. The third-order valence-corrected chi connectivity index (χ3v) is 3.96. The summed E-state index contributed by atoms with van der Waals surface area (Å²) in [6.45, 7) is 5.74. The van der Waals surface area contributed by atoms with Crippen LogP contribution in [0.2, 0.25) is 0 Å². The largest absolute Gasteiger partial charge is 0.468 e. The van der Waals surface area contributed by atoms with Crippen LogP contribution in [0.3, 0.4) is 0 Å². The van der Waals surface area contributed by atoms with Crippen LogP contribution < -0.4 is 5.73 Å². The fourth-order valence-electron chi connectivity index (χ4n) is 2.53. The van der Waals surface area contributed by atoms with E-state index in [0.717, 1.165) is 18.7 Å². The highest BCUT2D eigenvalue weighted by atomic mass is 16.5. The highest BCUT2D eigenvalue weighted by Gasteiger charge is 2.36. The molecule has 1 fully saturated rings. The standard InChI is InChI=1S/C15H26N2O2/c1-15(2,18-3)9-13(10-16)17(12-6-7-12)11-14-5-4-8-19-14/h4-5,8,12-13H,6-7,9-11,16H2,1-3H3. The first-order valence-corrected chi connectivity index (χ1v) is 7.09. The number of methoxy groups -OCH3 is 1. The molecular weight excluding hydrogens is 240 g/mol. The maximum absolute atomic E-state index is 6.00. The van der Waals surface area contributed by atoms with Gasteiger partial charge in [0.2, 0.25) is 0 Å². The molecular formula is C15H26N2O2. The molecule has 4 heteroatoms. The second kappa shape index (κ2) is 6.07. The fourth-order valence-corrected chi connectivity index (χ4v) is 2.53. The Morgan fingerprint density at radius 2 is 2.26 bits per heavy atom. The van der Waals surface area contributed by atoms with Crippen LogP contribution >= 0.6 is 0 Å². The van der Waals surface area contributed by atoms with E-state index in [9.17, 15) is 0 Å². The van der Waals surface area contributed by atoms with Gasteiger partial charge in [0, 0.05) is 25.7 Å². The molecule has 2 N–H and O–H groups in total. The van der Waals surface area contributed by atoms with E-state index in [2.05, 4.69) is 18.7 Å². The summed E-state index contributed by atoms with van der Waals surface area (Å²) in [5.74, 6) is 1.01. The Kier molecular flexibility index (Phi) is 4.66. The van der Waals surface area contributed by atoms with Crippen molar-refractivity contribution in [2.24, 2.45) is 5.73 Å². The number of hydrogen-bond acceptors (Lipinski definition) is 4. The van der Waals surface area contributed by atoms with Crippen molar-refractivity contribution in [1.29, 1.82) is 0 Å². The van der Waals surface area contributed by atoms with Crippen molar-refractivity contribution in [3.05, 3.63) is 24.2 Å². The minimum Gasteiger partial charge on any atom is -0.468 e. The Labute approximate surface area is 115 Å². The van der Waals surface area contributed by atoms with Crippen molar-refractivity contribution in [3.8, 4) is 0 Å². The predicted molar refractivity (Wildman–Crippen MR) is 75.8 cm³/mol. The molecule has 0 amide bonds. The summed E-state index contributed by atoms with van der Waals surface area (Å²) < 4.78 is 11.0. The van der Waals surface area contributed by atoms with E-state index in [1.54, 1.807) is 13.4 Å². The lowest BCUT2D eigenvalue weighted by Gasteiger charge is -2.35. The van der Waals surface area contributed by atoms with Crippen molar-refractivity contribution in [2.75, 3.05) is 13.7 Å². The van der Waals surface area contributed by atoms with E-state index < -0.39 is 0 Å². The van der Waals surface area contributed by atoms with Gasteiger partial charge in [-0.15, -0.1) is 0 Å². The van der Waals surface area contributed by atoms with Crippen molar-refractivity contribution >= 4 is 0 Å². The Morgan fingerprint density at radius 1 is 1.53 bits per heavy atom. The second-order valence-corrected chi connectivity index (χ2v) is 6.04. The summed E-state index contributed by atoms with van der Waals surface area (Å²) in [5, 5.41) is 0. The maximum atomic E-state index is 6.00. The van der Waals surface area contributed by atoms with Crippen molar-refractivity contribution in [3.63, 3.8) is 0 Å². The van der Waals surface area contributed by atoms with Gasteiger partial charge in [-0.25, -0.2) is 0 Å². The summed E-state index contributed by atoms with van der Waals surface area (Å²) in [5.41, 5.74) is 5.86. The summed E-state index contributed by atoms with van der Waals surface area (Å²) in [6.07, 6.45) is 5.21. The number of hydrogen-bond donors (Lipinski definition) is 1. The minimum absolute atomic E-state index is 0.139. The Hall–Kier alpha value is -0.840. The molecule has 1 aromatic rings. The van der Waals surface area contributed by atoms with Gasteiger partial charge < -0.3 is 14.9 Å². The van der Waals surface area contributed by atoms with E-state index in [-0.39, 0.29) is 5.60 Å². The number of nitrogens with two attached hydrogens (primary N) is 1. The Balaban J connectivity index is 2.03. The summed E-state index contributed by atoms with van der Waals surface area (Å²) in [7, 11) is 1.77. The molecule has 1 unspecified atom stereocenters. The molecule has 2 rings (SSSR count). The minimum atomic E-state index is -0.139. The number of nitrogens with zero attached hydrogens (tertiary/aromatic N) is 1. The molecule has 1 aliphatic rings. The molecule has 0 spiro atoms. The van der Waals surface area contributed by atoms with Gasteiger partial charge in [0.15, 0.2) is 0 Å². The Morgan fingerprint density at radius 3 is 2.74 bits per heavy atom. The van der Waals surface area contributed by atoms with Crippen LogP contribution in [-0.4, -0.2) is 36.2 Å². The third kappa shape index (κ3) is 4.06. The molecule has 1 aromatic heterocycles. The van der Waals surface area contributed by atoms with Gasteiger partial charge in [0.05, 0.1) is 18.4 Å². The SMILES string of the molecule is COC(C)(C)CC(CN)N(Cc1ccco1)C1CC1. The molecule has 1 aliphatic carbocycles. The number of furan rings is 1. The van der Waals surface area contributed by atoms with E-state index >= 15 is 0 Å². The summed E-state index contributed by atoms with van der Waals surface area (Å²) in [4.78, 5) is 2.49. The van der Waals surface area contributed by atoms with Gasteiger partial charge >= 0.3 is 0 Å². The molecule has 0 aromatic carbocycles. The number of rotatable bonds is 8. The van der Waals surface area contributed by atoms with Crippen LogP contribution in [0.15, 0.2) is 22.8 Å². The predicted octanol–water partition coefficient (Wildman–Crippen LogP) is 2.39. The molecule has 4 nitrogen and oxygen atoms in total. The van der Waals surface area contributed by atoms with E-state index in [4.69, 9.17) is 14.9 Å². The molecule has 1 saturated carbocycles. The van der Waals surface area contributed by atoms with Gasteiger partial charge in [0.25, 0.3) is 0 Å². The average Bonchev–Trinajstić information content (AvgIpc) is 3.11. The molecule has 108 valence electrons. The van der Waals surface area contributed by atoms with Crippen LogP contribution in [0.5, 0.6) is 0 Å². The van der Waals surface area contributed by atoms with Gasteiger partial charge in [-0.2, -0.15) is 0 Å². The van der Waals surface area contributed by atoms with Gasteiger partial charge in [-0.3, -0.25) is 4.90 Å². The van der Waals surface area contributed by atoms with E-state index in [1.807, 2.05) is 12.1 Å². The van der Waals surface area contributed by atoms with Gasteiger partial charge in [-0.1, -0.05) is 0 Å². The second-order valence-electron chi connectivity index (χ2n) is 6.04. The fraction of sp³-hybridized carbons (Fsp3) is 0.733. The van der Waals surface area contributed by atoms with Crippen LogP contribution in [0, 0.1) is 0 Å². The van der Waals surface area contributed by atoms with Crippen LogP contribution in [0.1, 0.15) is 38.9 Å². The van der Waals surface area contributed by atoms with E-state index in [0.29, 0.717) is 18.6 Å². The molecule has 1 heterocycles. The van der Waals surface area contributed by atoms with Gasteiger partial charge in [-0.05, 0) is 45.2 Å². The highest BCUT2D eigenvalue weighted by molar-refractivity contribution is 5.01. The smallest absolute Gasteiger partial charge is 0.117 e. The average molecular weight is 266 g/mol. The highest BCUT2D eigenvalue weighted by Crippen LogP contribution is 2.32. The topological polar surface area (TPSA) is 51.6 Å². The monoisotopic (exact) mass is 266 g/mol. The van der Waals surface area contributed by atoms with Crippen LogP contribution in [0.4, 0.5) is 0 Å². The lowest BCUT2D eigenvalue weighted by molar-refractivity contribution is -0.0111. The van der Waals surface area contributed by atoms with Crippen LogP contribution in [-0.2, 0) is 11.3 Å². The van der Waals surface area contributed by atoms with Crippen molar-refractivity contribution < 1.29 is 9.15 Å². The molecule has 19 heavy (non-hydrogen) atoms. The first kappa shape index (κ1) is 14.6. The van der Waals surface area contributed by atoms with E-state index in [1.165, 1.54) is 12.8 Å². The molecule has 0 aliphatic heterocycles. The number of ether oxygens (including phenoxy) is 1. The normalized spacial score (nSPS) is 17.9. The van der Waals surface area contributed by atoms with Crippen molar-refractivity contribution in [1.82, 2.24) is 4.90 Å². The lowest BCUT2D eigenvalue weighted by atomic mass is 9.97. The Bertz CT molecular complexity index is 372. The maximum Gasteiger partial charge on any atom is 0.117 e. The molecule has 0 radical (unpaired) electrons. The van der Waals surface area contributed by atoms with Crippen LogP contribution in [0.25, 0.3) is 0 Å². The van der Waals surface area contributed by atoms with Crippen molar-refractivity contribution in [2.45, 2.75) is 57.3 Å². The first-order valence-electron chi connectivity index (χ1n) is 7.09. The zero-order valence-electron chi connectivity index (χ0n) is 12.3. The molecule has 0 bridgehead atoms. The lowest BCUT2D eigenvalue weighted by Crippen LogP contribution is -2.46. The molecule has 1 atom stereocenters. The molecule has 0 saturated heterocycles. The third-order valence-electron chi connectivity index (χ3n) is 3.96. The zero-order chi connectivity index (χ0) is 13.9. The summed E-state index contributed by atoms with van der Waals surface area (Å²) in [6, 6.07) is 4.97.